The number of anilines is 1. The van der Waals surface area contributed by atoms with Crippen LogP contribution < -0.4 is 9.64 Å². The number of carbonyl (C=O) groups is 1. The summed E-state index contributed by atoms with van der Waals surface area (Å²) in [4.78, 5) is 16.8. The minimum absolute atomic E-state index is 0.0273. The van der Waals surface area contributed by atoms with Gasteiger partial charge in [0.05, 0.1) is 5.69 Å². The predicted octanol–water partition coefficient (Wildman–Crippen LogP) is 7.27. The molecule has 5 heteroatoms. The van der Waals surface area contributed by atoms with E-state index in [1.54, 1.807) is 0 Å². The first-order chi connectivity index (χ1) is 16.7. The summed E-state index contributed by atoms with van der Waals surface area (Å²) < 4.78 is 6.44. The Bertz CT molecular complexity index is 1330. The van der Waals surface area contributed by atoms with Gasteiger partial charge in [0.1, 0.15) is 11.3 Å². The van der Waals surface area contributed by atoms with Gasteiger partial charge in [-0.05, 0) is 53.9 Å². The molecule has 0 spiro atoms. The van der Waals surface area contributed by atoms with Crippen LogP contribution in [-0.4, -0.2) is 12.0 Å². The number of β-lactam (4-membered cyclic amide) rings is 1. The van der Waals surface area contributed by atoms with Crippen LogP contribution in [0.5, 0.6) is 5.75 Å². The smallest absolute Gasteiger partial charge is 0.271 e. The summed E-state index contributed by atoms with van der Waals surface area (Å²) >= 11 is 8.08. The van der Waals surface area contributed by atoms with Crippen molar-refractivity contribution in [3.8, 4) is 5.75 Å². The van der Waals surface area contributed by atoms with Crippen LogP contribution in [0.3, 0.4) is 0 Å². The molecule has 1 fully saturated rings. The minimum Gasteiger partial charge on any atom is -0.478 e. The fourth-order valence-corrected chi connectivity index (χ4v) is 6.59. The number of ether oxygens (including phenoxy) is 1. The molecular weight excluding hydrogens is 462 g/mol. The van der Waals surface area contributed by atoms with E-state index in [9.17, 15) is 4.79 Å². The van der Waals surface area contributed by atoms with Gasteiger partial charge in [0.25, 0.3) is 5.91 Å². The second kappa shape index (κ2) is 8.53. The lowest BCUT2D eigenvalue weighted by Crippen LogP contribution is -2.74. The normalized spacial score (nSPS) is 23.3. The quantitative estimate of drug-likeness (QED) is 0.286. The lowest BCUT2D eigenvalue weighted by atomic mass is 9.70. The van der Waals surface area contributed by atoms with E-state index in [1.807, 2.05) is 95.5 Å². The van der Waals surface area contributed by atoms with Crippen LogP contribution in [0.1, 0.15) is 22.8 Å². The zero-order valence-corrected chi connectivity index (χ0v) is 19.9. The molecule has 2 heterocycles. The van der Waals surface area contributed by atoms with Gasteiger partial charge in [-0.1, -0.05) is 84.4 Å². The molecule has 1 saturated heterocycles. The molecule has 1 amide bonds. The molecule has 2 aliphatic rings. The van der Waals surface area contributed by atoms with E-state index < -0.39 is 11.6 Å². The predicted molar refractivity (Wildman–Crippen MR) is 138 cm³/mol. The number of rotatable bonds is 4. The van der Waals surface area contributed by atoms with Crippen LogP contribution in [0, 0.1) is 0 Å². The largest absolute Gasteiger partial charge is 0.478 e. The molecular formula is C29H22ClNO2S. The Morgan fingerprint density at radius 3 is 2.21 bits per heavy atom. The first-order valence-corrected chi connectivity index (χ1v) is 12.5. The number of carbonyl (C=O) groups excluding carboxylic acids is 1. The van der Waals surface area contributed by atoms with Crippen LogP contribution in [0.2, 0.25) is 5.02 Å². The van der Waals surface area contributed by atoms with Crippen LogP contribution in [0.4, 0.5) is 5.69 Å². The molecule has 168 valence electrons. The van der Waals surface area contributed by atoms with Crippen LogP contribution in [0.25, 0.3) is 0 Å². The molecule has 0 radical (unpaired) electrons. The van der Waals surface area contributed by atoms with E-state index in [0.29, 0.717) is 17.2 Å². The Morgan fingerprint density at radius 2 is 1.47 bits per heavy atom. The van der Waals surface area contributed by atoms with Crippen LogP contribution >= 0.6 is 23.4 Å². The summed E-state index contributed by atoms with van der Waals surface area (Å²) in [6, 6.07) is 36.1. The molecule has 34 heavy (non-hydrogen) atoms. The number of halogens is 1. The van der Waals surface area contributed by atoms with Gasteiger partial charge in [-0.15, -0.1) is 11.8 Å². The van der Waals surface area contributed by atoms with Gasteiger partial charge in [0, 0.05) is 15.2 Å². The zero-order chi connectivity index (χ0) is 23.1. The van der Waals surface area contributed by atoms with E-state index in [1.165, 1.54) is 5.56 Å². The molecule has 0 aromatic heterocycles. The molecule has 0 N–H and O–H groups in total. The minimum atomic E-state index is -0.669. The van der Waals surface area contributed by atoms with Crippen molar-refractivity contribution < 1.29 is 9.53 Å². The molecule has 6 rings (SSSR count). The molecule has 0 bridgehead atoms. The molecule has 2 aliphatic heterocycles. The third-order valence-electron chi connectivity index (χ3n) is 6.66. The second-order valence-electron chi connectivity index (χ2n) is 8.60. The highest BCUT2D eigenvalue weighted by molar-refractivity contribution is 7.99. The van der Waals surface area contributed by atoms with E-state index >= 15 is 0 Å². The maximum Gasteiger partial charge on any atom is 0.271 e. The van der Waals surface area contributed by atoms with Crippen molar-refractivity contribution in [2.75, 3.05) is 4.90 Å². The van der Waals surface area contributed by atoms with Crippen LogP contribution in [-0.2, 0) is 10.3 Å². The fraction of sp³-hybridized carbons (Fsp3) is 0.138. The van der Waals surface area contributed by atoms with Crippen LogP contribution in [0.15, 0.2) is 114 Å². The number of fused-ring (bicyclic) bond motifs is 3. The third-order valence-corrected chi connectivity index (χ3v) is 8.24. The maximum atomic E-state index is 13.8. The highest BCUT2D eigenvalue weighted by atomic mass is 35.5. The number of hydrogen-bond acceptors (Lipinski definition) is 3. The molecule has 3 atom stereocenters. The average Bonchev–Trinajstić information content (AvgIpc) is 3.02. The average molecular weight is 484 g/mol. The lowest BCUT2D eigenvalue weighted by Gasteiger charge is -2.57. The number of benzene rings is 4. The molecule has 4 aromatic carbocycles. The summed E-state index contributed by atoms with van der Waals surface area (Å²) in [6.45, 7) is 0. The van der Waals surface area contributed by atoms with E-state index in [0.717, 1.165) is 16.1 Å². The van der Waals surface area contributed by atoms with E-state index in [-0.39, 0.29) is 11.2 Å². The van der Waals surface area contributed by atoms with Gasteiger partial charge >= 0.3 is 0 Å². The Balaban J connectivity index is 1.55. The Labute approximate surface area is 208 Å². The Morgan fingerprint density at radius 1 is 0.824 bits per heavy atom. The molecule has 0 aliphatic carbocycles. The summed E-state index contributed by atoms with van der Waals surface area (Å²) in [5.74, 6) is 0.663. The Hall–Kier alpha value is -3.21. The van der Waals surface area contributed by atoms with Gasteiger partial charge in [0.2, 0.25) is 6.10 Å². The first kappa shape index (κ1) is 21.3. The van der Waals surface area contributed by atoms with Gasteiger partial charge in [0.15, 0.2) is 0 Å². The van der Waals surface area contributed by atoms with Crippen molar-refractivity contribution in [2.24, 2.45) is 0 Å². The van der Waals surface area contributed by atoms with Crippen molar-refractivity contribution >= 4 is 35.0 Å². The summed E-state index contributed by atoms with van der Waals surface area (Å²) in [6.07, 6.45) is 0.0652. The van der Waals surface area contributed by atoms with Crippen molar-refractivity contribution in [1.29, 1.82) is 0 Å². The summed E-state index contributed by atoms with van der Waals surface area (Å²) in [7, 11) is 0. The highest BCUT2D eigenvalue weighted by Crippen LogP contribution is 2.59. The zero-order valence-electron chi connectivity index (χ0n) is 18.3. The number of thioether (sulfide) groups is 1. The van der Waals surface area contributed by atoms with Crippen molar-refractivity contribution in [1.82, 2.24) is 0 Å². The fourth-order valence-electron chi connectivity index (χ4n) is 5.09. The second-order valence-corrected chi connectivity index (χ2v) is 10.3. The van der Waals surface area contributed by atoms with E-state index in [2.05, 4.69) is 30.3 Å². The number of hydrogen-bond donors (Lipinski definition) is 0. The molecule has 0 saturated carbocycles. The van der Waals surface area contributed by atoms with Gasteiger partial charge in [-0.2, -0.15) is 0 Å². The Kier molecular flexibility index (Phi) is 5.35. The molecule has 4 aromatic rings. The molecule has 3 nitrogen and oxygen atoms in total. The van der Waals surface area contributed by atoms with Gasteiger partial charge in [-0.3, -0.25) is 9.69 Å². The number of nitrogens with zero attached hydrogens (tertiary/aromatic N) is 1. The summed E-state index contributed by atoms with van der Waals surface area (Å²) in [5.41, 5.74) is 2.52. The first-order valence-electron chi connectivity index (χ1n) is 11.3. The van der Waals surface area contributed by atoms with Crippen molar-refractivity contribution in [2.45, 2.75) is 28.2 Å². The summed E-state index contributed by atoms with van der Waals surface area (Å²) in [5, 5.41) is 0.805. The topological polar surface area (TPSA) is 29.5 Å². The highest BCUT2D eigenvalue weighted by Gasteiger charge is 2.65. The van der Waals surface area contributed by atoms with Crippen molar-refractivity contribution in [3.05, 3.63) is 125 Å². The lowest BCUT2D eigenvalue weighted by molar-refractivity contribution is -0.142. The van der Waals surface area contributed by atoms with Crippen molar-refractivity contribution in [3.63, 3.8) is 0 Å². The van der Waals surface area contributed by atoms with Gasteiger partial charge < -0.3 is 4.74 Å². The van der Waals surface area contributed by atoms with E-state index in [4.69, 9.17) is 16.3 Å². The monoisotopic (exact) mass is 483 g/mol. The third kappa shape index (κ3) is 3.41. The number of amides is 1. The van der Waals surface area contributed by atoms with Gasteiger partial charge in [-0.25, -0.2) is 0 Å². The maximum absolute atomic E-state index is 13.8. The number of para-hydroxylation sites is 2. The molecule has 0 unspecified atom stereocenters. The SMILES string of the molecule is O=C1[C@H](Oc2ccccc2)[C@@]2(c3ccc(Cl)cc3)C[C@@H](c3ccccc3)Sc3ccccc3N12. The standard InChI is InChI=1S/C29H22ClNO2S/c30-22-17-15-21(16-18-22)29-19-26(20-9-3-1-4-10-20)34-25-14-8-7-13-24(25)31(29)28(32)27(29)33-23-11-5-2-6-12-23/h1-18,26-27H,19H2/t26-,27-,29-/m0/s1.